The molecule has 0 radical (unpaired) electrons. The number of carbonyl (C=O) groups is 1. The molecule has 3 aromatic heterocycles. The van der Waals surface area contributed by atoms with E-state index < -0.39 is 18.5 Å². The lowest BCUT2D eigenvalue weighted by Gasteiger charge is -2.25. The SMILES string of the molecule is Cc1nc(N2CC[C@]3(CCN(Cc4ccc5cc(C(N)=O)[nH]c5c4)C3)C2)c2cc(CC(F)(F)F)sc2n1. The molecule has 11 heteroatoms. The summed E-state index contributed by atoms with van der Waals surface area (Å²) < 4.78 is 39.0. The molecule has 1 amide bonds. The highest BCUT2D eigenvalue weighted by atomic mass is 32.1. The Morgan fingerprint density at radius 2 is 1.97 bits per heavy atom. The molecule has 5 heterocycles. The largest absolute Gasteiger partial charge is 0.393 e. The molecule has 2 aliphatic heterocycles. The monoisotopic (exact) mass is 528 g/mol. The third kappa shape index (κ3) is 4.77. The van der Waals surface area contributed by atoms with Gasteiger partial charge in [-0.2, -0.15) is 13.2 Å². The second kappa shape index (κ2) is 8.70. The van der Waals surface area contributed by atoms with Gasteiger partial charge in [-0.05, 0) is 50.1 Å². The molecule has 2 aliphatic rings. The standard InChI is InChI=1S/C26H27F3N6OS/c1-15-31-23(19-10-18(11-26(27,28)29)37-24(19)32-15)35-7-5-25(14-35)4-6-34(13-25)12-16-2-3-17-9-21(22(30)36)33-20(17)8-16/h2-3,8-10,33H,4-7,11-14H2,1H3,(H2,30,36)/t25-/m0/s1. The summed E-state index contributed by atoms with van der Waals surface area (Å²) in [5.74, 6) is 0.862. The minimum absolute atomic E-state index is 0.131. The number of halogens is 3. The Kier molecular flexibility index (Phi) is 5.68. The van der Waals surface area contributed by atoms with Crippen LogP contribution < -0.4 is 10.6 Å². The number of alkyl halides is 3. The number of likely N-dealkylation sites (tertiary alicyclic amines) is 1. The van der Waals surface area contributed by atoms with Crippen molar-refractivity contribution in [2.45, 2.75) is 38.9 Å². The minimum Gasteiger partial charge on any atom is -0.364 e. The molecule has 37 heavy (non-hydrogen) atoms. The van der Waals surface area contributed by atoms with Crippen LogP contribution in [0.5, 0.6) is 0 Å². The van der Waals surface area contributed by atoms with Crippen LogP contribution in [-0.2, 0) is 13.0 Å². The number of carbonyl (C=O) groups excluding carboxylic acids is 1. The van der Waals surface area contributed by atoms with Crippen LogP contribution in [0, 0.1) is 12.3 Å². The van der Waals surface area contributed by atoms with Crippen molar-refractivity contribution in [2.24, 2.45) is 11.1 Å². The van der Waals surface area contributed by atoms with Crippen molar-refractivity contribution in [2.75, 3.05) is 31.1 Å². The number of primary amides is 1. The fraction of sp³-hybridized carbons (Fsp3) is 0.423. The zero-order valence-corrected chi connectivity index (χ0v) is 21.2. The maximum Gasteiger partial charge on any atom is 0.393 e. The van der Waals surface area contributed by atoms with Crippen LogP contribution in [0.25, 0.3) is 21.1 Å². The molecule has 0 aliphatic carbocycles. The van der Waals surface area contributed by atoms with Crippen molar-refractivity contribution >= 4 is 44.2 Å². The summed E-state index contributed by atoms with van der Waals surface area (Å²) in [5.41, 5.74) is 8.00. The van der Waals surface area contributed by atoms with E-state index in [9.17, 15) is 18.0 Å². The second-order valence-electron chi connectivity index (χ2n) is 10.4. The number of benzene rings is 1. The first-order valence-corrected chi connectivity index (χ1v) is 13.1. The Morgan fingerprint density at radius 1 is 1.16 bits per heavy atom. The molecule has 6 rings (SSSR count). The number of nitrogens with one attached hydrogen (secondary N) is 1. The van der Waals surface area contributed by atoms with Crippen molar-refractivity contribution in [3.05, 3.63) is 52.3 Å². The number of aryl methyl sites for hydroxylation is 1. The van der Waals surface area contributed by atoms with E-state index in [2.05, 4.69) is 36.9 Å². The first-order chi connectivity index (χ1) is 17.6. The number of aromatic nitrogens is 3. The number of anilines is 1. The summed E-state index contributed by atoms with van der Waals surface area (Å²) in [4.78, 5) is 29.2. The Balaban J connectivity index is 1.18. The third-order valence-electron chi connectivity index (χ3n) is 7.52. The molecule has 7 nitrogen and oxygen atoms in total. The number of H-pyrrole nitrogens is 1. The average molecular weight is 529 g/mol. The van der Waals surface area contributed by atoms with Gasteiger partial charge in [0.15, 0.2) is 0 Å². The maximum absolute atomic E-state index is 13.0. The van der Waals surface area contributed by atoms with Crippen molar-refractivity contribution < 1.29 is 18.0 Å². The topological polar surface area (TPSA) is 91.1 Å². The van der Waals surface area contributed by atoms with Crippen LogP contribution in [-0.4, -0.2) is 58.1 Å². The predicted octanol–water partition coefficient (Wildman–Crippen LogP) is 4.79. The number of amides is 1. The van der Waals surface area contributed by atoms with E-state index in [0.29, 0.717) is 16.3 Å². The molecule has 4 aromatic rings. The highest BCUT2D eigenvalue weighted by Crippen LogP contribution is 2.43. The van der Waals surface area contributed by atoms with Crippen molar-refractivity contribution in [1.82, 2.24) is 19.9 Å². The van der Waals surface area contributed by atoms with Gasteiger partial charge in [-0.15, -0.1) is 11.3 Å². The fourth-order valence-corrected chi connectivity index (χ4v) is 6.96. The summed E-state index contributed by atoms with van der Waals surface area (Å²) in [5, 5.41) is 1.68. The lowest BCUT2D eigenvalue weighted by molar-refractivity contribution is -0.126. The molecule has 1 atom stereocenters. The van der Waals surface area contributed by atoms with Gasteiger partial charge in [-0.3, -0.25) is 9.69 Å². The van der Waals surface area contributed by atoms with Gasteiger partial charge in [0.05, 0.1) is 11.8 Å². The second-order valence-corrected chi connectivity index (χ2v) is 11.5. The molecule has 194 valence electrons. The van der Waals surface area contributed by atoms with Gasteiger partial charge >= 0.3 is 6.18 Å². The van der Waals surface area contributed by atoms with E-state index in [-0.39, 0.29) is 10.3 Å². The highest BCUT2D eigenvalue weighted by Gasteiger charge is 2.44. The third-order valence-corrected chi connectivity index (χ3v) is 8.55. The number of hydrogen-bond acceptors (Lipinski definition) is 6. The zero-order valence-electron chi connectivity index (χ0n) is 20.4. The van der Waals surface area contributed by atoms with Crippen LogP contribution in [0.15, 0.2) is 30.3 Å². The summed E-state index contributed by atoms with van der Waals surface area (Å²) in [6.45, 7) is 6.20. The molecule has 2 fully saturated rings. The molecule has 1 aromatic carbocycles. The summed E-state index contributed by atoms with van der Waals surface area (Å²) in [6, 6.07) is 9.55. The molecular formula is C26H27F3N6OS. The highest BCUT2D eigenvalue weighted by molar-refractivity contribution is 7.18. The Hall–Kier alpha value is -3.18. The van der Waals surface area contributed by atoms with Gasteiger partial charge in [0.2, 0.25) is 0 Å². The molecule has 0 saturated carbocycles. The van der Waals surface area contributed by atoms with Crippen molar-refractivity contribution in [1.29, 1.82) is 0 Å². The molecule has 2 saturated heterocycles. The number of hydrogen-bond donors (Lipinski definition) is 2. The number of aromatic amines is 1. The van der Waals surface area contributed by atoms with Gasteiger partial charge in [-0.25, -0.2) is 9.97 Å². The van der Waals surface area contributed by atoms with Gasteiger partial charge < -0.3 is 15.6 Å². The van der Waals surface area contributed by atoms with Crippen LogP contribution in [0.4, 0.5) is 19.0 Å². The van der Waals surface area contributed by atoms with E-state index >= 15 is 0 Å². The van der Waals surface area contributed by atoms with E-state index in [4.69, 9.17) is 5.73 Å². The quantitative estimate of drug-likeness (QED) is 0.389. The normalized spacial score (nSPS) is 20.7. The summed E-state index contributed by atoms with van der Waals surface area (Å²) in [7, 11) is 0. The Bertz CT molecular complexity index is 1510. The maximum atomic E-state index is 13.0. The number of rotatable bonds is 5. The van der Waals surface area contributed by atoms with Crippen LogP contribution in [0.1, 0.15) is 39.6 Å². The molecule has 0 bridgehead atoms. The fourth-order valence-electron chi connectivity index (χ4n) is 5.86. The number of nitrogens with zero attached hydrogens (tertiary/aromatic N) is 4. The van der Waals surface area contributed by atoms with Gasteiger partial charge in [0.25, 0.3) is 5.91 Å². The van der Waals surface area contributed by atoms with Crippen LogP contribution in [0.3, 0.4) is 0 Å². The van der Waals surface area contributed by atoms with Crippen molar-refractivity contribution in [3.63, 3.8) is 0 Å². The van der Waals surface area contributed by atoms with E-state index in [1.807, 2.05) is 6.07 Å². The Morgan fingerprint density at radius 3 is 2.76 bits per heavy atom. The van der Waals surface area contributed by atoms with Gasteiger partial charge in [-0.1, -0.05) is 12.1 Å². The minimum atomic E-state index is -4.25. The van der Waals surface area contributed by atoms with E-state index in [1.165, 1.54) is 5.56 Å². The van der Waals surface area contributed by atoms with Gasteiger partial charge in [0, 0.05) is 47.4 Å². The molecule has 1 spiro atoms. The lowest BCUT2D eigenvalue weighted by Crippen LogP contribution is -2.31. The smallest absolute Gasteiger partial charge is 0.364 e. The summed E-state index contributed by atoms with van der Waals surface area (Å²) in [6.07, 6.45) is -3.10. The van der Waals surface area contributed by atoms with Crippen molar-refractivity contribution in [3.8, 4) is 0 Å². The first-order valence-electron chi connectivity index (χ1n) is 12.3. The number of thiophene rings is 1. The average Bonchev–Trinajstić information content (AvgIpc) is 3.58. The molecule has 0 unspecified atom stereocenters. The lowest BCUT2D eigenvalue weighted by atomic mass is 9.86. The molecular weight excluding hydrogens is 501 g/mol. The Labute approximate surface area is 215 Å². The van der Waals surface area contributed by atoms with Crippen LogP contribution in [0.2, 0.25) is 0 Å². The van der Waals surface area contributed by atoms with Gasteiger partial charge in [0.1, 0.15) is 22.2 Å². The van der Waals surface area contributed by atoms with E-state index in [1.54, 1.807) is 19.1 Å². The first kappa shape index (κ1) is 24.2. The zero-order chi connectivity index (χ0) is 25.9. The number of fused-ring (bicyclic) bond motifs is 2. The van der Waals surface area contributed by atoms with Crippen LogP contribution >= 0.6 is 11.3 Å². The number of nitrogens with two attached hydrogens (primary N) is 1. The predicted molar refractivity (Wildman–Crippen MR) is 138 cm³/mol. The summed E-state index contributed by atoms with van der Waals surface area (Å²) >= 11 is 1.11. The van der Waals surface area contributed by atoms with E-state index in [0.717, 1.165) is 79.0 Å². The molecule has 3 N–H and O–H groups in total.